The van der Waals surface area contributed by atoms with E-state index in [0.717, 1.165) is 5.69 Å². The first kappa shape index (κ1) is 7.50. The second kappa shape index (κ2) is 3.07. The Labute approximate surface area is 75.7 Å². The predicted molar refractivity (Wildman–Crippen MR) is 52.3 cm³/mol. The highest BCUT2D eigenvalue weighted by atomic mass is 32.1. The summed E-state index contributed by atoms with van der Waals surface area (Å²) in [4.78, 5) is 5.53. The summed E-state index contributed by atoms with van der Waals surface area (Å²) in [6, 6.07) is 8.25. The molecule has 60 valence electrons. The van der Waals surface area contributed by atoms with Crippen LogP contribution in [0.25, 0.3) is 10.6 Å². The largest absolute Gasteiger partial charge is 0.255 e. The van der Waals surface area contributed by atoms with Crippen molar-refractivity contribution in [1.29, 1.82) is 0 Å². The van der Waals surface area contributed by atoms with Crippen LogP contribution in [0, 0.1) is 6.92 Å². The first-order valence-corrected chi connectivity index (χ1v) is 4.71. The second-order valence-electron chi connectivity index (χ2n) is 2.70. The van der Waals surface area contributed by atoms with Gasteiger partial charge in [0.25, 0.3) is 0 Å². The molecule has 0 radical (unpaired) electrons. The number of rotatable bonds is 1. The van der Waals surface area contributed by atoms with E-state index in [1.54, 1.807) is 11.3 Å². The molecule has 12 heavy (non-hydrogen) atoms. The summed E-state index contributed by atoms with van der Waals surface area (Å²) in [6.45, 7) is 2.08. The van der Waals surface area contributed by atoms with Gasteiger partial charge in [-0.15, -0.1) is 11.3 Å². The van der Waals surface area contributed by atoms with Gasteiger partial charge in [-0.2, -0.15) is 0 Å². The van der Waals surface area contributed by atoms with E-state index in [9.17, 15) is 0 Å². The van der Waals surface area contributed by atoms with Gasteiger partial charge in [-0.1, -0.05) is 6.07 Å². The molecule has 2 heterocycles. The standard InChI is InChI=1S/C10H9NS/c1-8-4-5-11-9(7-8)10-3-2-6-12-10/h2-7H,1H3. The van der Waals surface area contributed by atoms with E-state index >= 15 is 0 Å². The lowest BCUT2D eigenvalue weighted by molar-refractivity contribution is 1.30. The maximum Gasteiger partial charge on any atom is 0.0804 e. The Morgan fingerprint density at radius 2 is 2.25 bits per heavy atom. The minimum Gasteiger partial charge on any atom is -0.255 e. The smallest absolute Gasteiger partial charge is 0.0804 e. The van der Waals surface area contributed by atoms with Crippen molar-refractivity contribution in [2.24, 2.45) is 0 Å². The van der Waals surface area contributed by atoms with Crippen LogP contribution in [0.1, 0.15) is 5.56 Å². The highest BCUT2D eigenvalue weighted by Crippen LogP contribution is 2.22. The summed E-state index contributed by atoms with van der Waals surface area (Å²) in [7, 11) is 0. The normalized spacial score (nSPS) is 10.1. The Balaban J connectivity index is 2.48. The lowest BCUT2D eigenvalue weighted by atomic mass is 10.2. The van der Waals surface area contributed by atoms with Crippen LogP contribution in [0.2, 0.25) is 0 Å². The fourth-order valence-electron chi connectivity index (χ4n) is 1.10. The van der Waals surface area contributed by atoms with Crippen LogP contribution in [0.3, 0.4) is 0 Å². The molecule has 0 aliphatic carbocycles. The third kappa shape index (κ3) is 1.38. The number of nitrogens with zero attached hydrogens (tertiary/aromatic N) is 1. The van der Waals surface area contributed by atoms with Gasteiger partial charge in [0.15, 0.2) is 0 Å². The summed E-state index contributed by atoms with van der Waals surface area (Å²) in [5.41, 5.74) is 2.33. The molecule has 2 aromatic rings. The van der Waals surface area contributed by atoms with Crippen LogP contribution in [0.15, 0.2) is 35.8 Å². The van der Waals surface area contributed by atoms with E-state index in [2.05, 4.69) is 29.4 Å². The molecular formula is C10H9NS. The van der Waals surface area contributed by atoms with Gasteiger partial charge < -0.3 is 0 Å². The minimum atomic E-state index is 1.07. The zero-order chi connectivity index (χ0) is 8.39. The van der Waals surface area contributed by atoms with Crippen LogP contribution >= 0.6 is 11.3 Å². The summed E-state index contributed by atoms with van der Waals surface area (Å²) in [6.07, 6.45) is 1.85. The van der Waals surface area contributed by atoms with Crippen molar-refractivity contribution in [3.8, 4) is 10.6 Å². The molecule has 2 rings (SSSR count). The highest BCUT2D eigenvalue weighted by Gasteiger charge is 1.98. The molecule has 0 aliphatic rings. The van der Waals surface area contributed by atoms with Crippen molar-refractivity contribution < 1.29 is 0 Å². The molecule has 0 fully saturated rings. The lowest BCUT2D eigenvalue weighted by Gasteiger charge is -1.96. The first-order chi connectivity index (χ1) is 5.86. The van der Waals surface area contributed by atoms with E-state index in [-0.39, 0.29) is 0 Å². The Bertz CT molecular complexity index is 365. The Hall–Kier alpha value is -1.15. The van der Waals surface area contributed by atoms with Crippen LogP contribution in [-0.4, -0.2) is 4.98 Å². The molecule has 0 bridgehead atoms. The monoisotopic (exact) mass is 175 g/mol. The zero-order valence-electron chi connectivity index (χ0n) is 6.82. The summed E-state index contributed by atoms with van der Waals surface area (Å²) < 4.78 is 0. The number of aryl methyl sites for hydroxylation is 1. The van der Waals surface area contributed by atoms with Gasteiger partial charge in [0, 0.05) is 6.20 Å². The zero-order valence-corrected chi connectivity index (χ0v) is 7.64. The van der Waals surface area contributed by atoms with Gasteiger partial charge >= 0.3 is 0 Å². The van der Waals surface area contributed by atoms with Gasteiger partial charge in [0.1, 0.15) is 0 Å². The molecule has 2 heteroatoms. The van der Waals surface area contributed by atoms with Crippen molar-refractivity contribution in [3.63, 3.8) is 0 Å². The number of hydrogen-bond donors (Lipinski definition) is 0. The molecule has 0 saturated heterocycles. The summed E-state index contributed by atoms with van der Waals surface area (Å²) >= 11 is 1.72. The third-order valence-corrected chi connectivity index (χ3v) is 2.58. The van der Waals surface area contributed by atoms with E-state index in [4.69, 9.17) is 0 Å². The topological polar surface area (TPSA) is 12.9 Å². The van der Waals surface area contributed by atoms with Crippen LogP contribution in [0.5, 0.6) is 0 Å². The molecule has 0 amide bonds. The molecule has 0 aliphatic heterocycles. The van der Waals surface area contributed by atoms with Crippen molar-refractivity contribution in [1.82, 2.24) is 4.98 Å². The molecule has 1 nitrogen and oxygen atoms in total. The maximum atomic E-state index is 4.29. The Kier molecular flexibility index (Phi) is 1.92. The fourth-order valence-corrected chi connectivity index (χ4v) is 1.79. The Morgan fingerprint density at radius 1 is 1.33 bits per heavy atom. The SMILES string of the molecule is Cc1ccnc(-c2cccs2)c1. The molecule has 0 aromatic carbocycles. The van der Waals surface area contributed by atoms with E-state index in [1.807, 2.05) is 18.3 Å². The molecule has 0 N–H and O–H groups in total. The van der Waals surface area contributed by atoms with Crippen molar-refractivity contribution in [2.75, 3.05) is 0 Å². The fraction of sp³-hybridized carbons (Fsp3) is 0.100. The number of pyridine rings is 1. The summed E-state index contributed by atoms with van der Waals surface area (Å²) in [5.74, 6) is 0. The predicted octanol–water partition coefficient (Wildman–Crippen LogP) is 3.12. The second-order valence-corrected chi connectivity index (χ2v) is 3.64. The van der Waals surface area contributed by atoms with E-state index in [1.165, 1.54) is 10.4 Å². The maximum absolute atomic E-state index is 4.29. The van der Waals surface area contributed by atoms with Gasteiger partial charge in [0.05, 0.1) is 10.6 Å². The molecule has 2 aromatic heterocycles. The van der Waals surface area contributed by atoms with Crippen LogP contribution < -0.4 is 0 Å². The Morgan fingerprint density at radius 3 is 2.92 bits per heavy atom. The average Bonchev–Trinajstić information content (AvgIpc) is 2.56. The van der Waals surface area contributed by atoms with Gasteiger partial charge in [0.2, 0.25) is 0 Å². The number of aromatic nitrogens is 1. The van der Waals surface area contributed by atoms with Crippen molar-refractivity contribution in [3.05, 3.63) is 41.4 Å². The van der Waals surface area contributed by atoms with Gasteiger partial charge in [-0.25, -0.2) is 0 Å². The highest BCUT2D eigenvalue weighted by molar-refractivity contribution is 7.13. The lowest BCUT2D eigenvalue weighted by Crippen LogP contribution is -1.79. The molecular weight excluding hydrogens is 166 g/mol. The molecule has 0 atom stereocenters. The van der Waals surface area contributed by atoms with E-state index in [0.29, 0.717) is 0 Å². The van der Waals surface area contributed by atoms with Crippen molar-refractivity contribution >= 4 is 11.3 Å². The van der Waals surface area contributed by atoms with Gasteiger partial charge in [-0.05, 0) is 36.1 Å². The quantitative estimate of drug-likeness (QED) is 0.649. The molecule has 0 unspecified atom stereocenters. The van der Waals surface area contributed by atoms with E-state index < -0.39 is 0 Å². The first-order valence-electron chi connectivity index (χ1n) is 3.83. The molecule has 0 saturated carbocycles. The van der Waals surface area contributed by atoms with Crippen LogP contribution in [-0.2, 0) is 0 Å². The average molecular weight is 175 g/mol. The van der Waals surface area contributed by atoms with Gasteiger partial charge in [-0.3, -0.25) is 4.98 Å². The third-order valence-electron chi connectivity index (χ3n) is 1.69. The minimum absolute atomic E-state index is 1.07. The number of hydrogen-bond acceptors (Lipinski definition) is 2. The van der Waals surface area contributed by atoms with Crippen LogP contribution in [0.4, 0.5) is 0 Å². The molecule has 0 spiro atoms. The van der Waals surface area contributed by atoms with Crippen molar-refractivity contribution in [2.45, 2.75) is 6.92 Å². The summed E-state index contributed by atoms with van der Waals surface area (Å²) in [5, 5.41) is 2.07. The number of thiophene rings is 1.